The van der Waals surface area contributed by atoms with E-state index in [0.29, 0.717) is 18.2 Å². The predicted octanol–water partition coefficient (Wildman–Crippen LogP) is 0.197. The molecule has 0 aliphatic heterocycles. The molecule has 2 N–H and O–H groups in total. The van der Waals surface area contributed by atoms with E-state index in [1.54, 1.807) is 23.9 Å². The van der Waals surface area contributed by atoms with Gasteiger partial charge in [-0.2, -0.15) is 0 Å². The summed E-state index contributed by atoms with van der Waals surface area (Å²) < 4.78 is 1.79. The standard InChI is InChI=1S/C12H19N5O2S/c1-4-6-17-8-14-16-12(17)20-7-10(18)15-9(3)11(19)13-5-2/h4,8-9H,1,5-7H2,2-3H3,(H,13,19)(H,15,18)/t9-/m0/s1. The lowest BCUT2D eigenvalue weighted by molar-refractivity contribution is -0.127. The number of carbonyl (C=O) groups excluding carboxylic acids is 2. The summed E-state index contributed by atoms with van der Waals surface area (Å²) in [6.07, 6.45) is 3.31. The van der Waals surface area contributed by atoms with Gasteiger partial charge in [0.15, 0.2) is 5.16 Å². The van der Waals surface area contributed by atoms with Crippen molar-refractivity contribution >= 4 is 23.6 Å². The van der Waals surface area contributed by atoms with Gasteiger partial charge in [-0.25, -0.2) is 0 Å². The van der Waals surface area contributed by atoms with Crippen LogP contribution in [0, 0.1) is 0 Å². The molecular formula is C12H19N5O2S. The van der Waals surface area contributed by atoms with Gasteiger partial charge in [0.25, 0.3) is 0 Å². The fourth-order valence-corrected chi connectivity index (χ4v) is 2.16. The second-order valence-electron chi connectivity index (χ2n) is 4.03. The average molecular weight is 297 g/mol. The van der Waals surface area contributed by atoms with E-state index in [1.807, 2.05) is 6.92 Å². The average Bonchev–Trinajstić information content (AvgIpc) is 2.84. The third-order valence-corrected chi connectivity index (χ3v) is 3.34. The first-order valence-electron chi connectivity index (χ1n) is 6.27. The third kappa shape index (κ3) is 5.04. The molecule has 0 bridgehead atoms. The molecule has 2 amide bonds. The molecule has 0 aliphatic carbocycles. The Morgan fingerprint density at radius 2 is 2.35 bits per heavy atom. The second-order valence-corrected chi connectivity index (χ2v) is 4.97. The lowest BCUT2D eigenvalue weighted by atomic mass is 10.3. The van der Waals surface area contributed by atoms with E-state index in [0.717, 1.165) is 0 Å². The van der Waals surface area contributed by atoms with Gasteiger partial charge >= 0.3 is 0 Å². The molecule has 0 saturated carbocycles. The highest BCUT2D eigenvalue weighted by Gasteiger charge is 2.15. The smallest absolute Gasteiger partial charge is 0.242 e. The van der Waals surface area contributed by atoms with Crippen LogP contribution < -0.4 is 10.6 Å². The van der Waals surface area contributed by atoms with Crippen LogP contribution in [0.4, 0.5) is 0 Å². The van der Waals surface area contributed by atoms with Crippen molar-refractivity contribution in [2.75, 3.05) is 12.3 Å². The van der Waals surface area contributed by atoms with Crippen molar-refractivity contribution in [1.29, 1.82) is 0 Å². The van der Waals surface area contributed by atoms with Crippen LogP contribution in [-0.2, 0) is 16.1 Å². The van der Waals surface area contributed by atoms with E-state index >= 15 is 0 Å². The highest BCUT2D eigenvalue weighted by atomic mass is 32.2. The van der Waals surface area contributed by atoms with Crippen molar-refractivity contribution in [1.82, 2.24) is 25.4 Å². The molecule has 1 aromatic heterocycles. The van der Waals surface area contributed by atoms with Crippen LogP contribution in [0.3, 0.4) is 0 Å². The molecule has 0 unspecified atom stereocenters. The molecule has 1 rings (SSSR count). The Balaban J connectivity index is 2.41. The quantitative estimate of drug-likeness (QED) is 0.528. The van der Waals surface area contributed by atoms with Crippen LogP contribution in [0.5, 0.6) is 0 Å². The van der Waals surface area contributed by atoms with E-state index in [1.165, 1.54) is 11.8 Å². The fourth-order valence-electron chi connectivity index (χ4n) is 1.43. The number of nitrogens with one attached hydrogen (secondary N) is 2. The van der Waals surface area contributed by atoms with Gasteiger partial charge in [0, 0.05) is 13.1 Å². The minimum absolute atomic E-state index is 0.180. The Labute approximate surface area is 122 Å². The van der Waals surface area contributed by atoms with Crippen molar-refractivity contribution in [2.24, 2.45) is 0 Å². The molecule has 0 radical (unpaired) electrons. The minimum Gasteiger partial charge on any atom is -0.355 e. The fraction of sp³-hybridized carbons (Fsp3) is 0.500. The number of amides is 2. The minimum atomic E-state index is -0.547. The number of aromatic nitrogens is 3. The molecule has 20 heavy (non-hydrogen) atoms. The first kappa shape index (κ1) is 16.2. The summed E-state index contributed by atoms with van der Waals surface area (Å²) in [5, 5.41) is 13.6. The zero-order valence-corrected chi connectivity index (χ0v) is 12.4. The Bertz CT molecular complexity index is 474. The molecule has 0 fully saturated rings. The zero-order chi connectivity index (χ0) is 15.0. The van der Waals surface area contributed by atoms with Gasteiger partial charge in [0.1, 0.15) is 12.4 Å². The van der Waals surface area contributed by atoms with Gasteiger partial charge in [0.05, 0.1) is 5.75 Å². The van der Waals surface area contributed by atoms with Crippen LogP contribution in [0.1, 0.15) is 13.8 Å². The molecular weight excluding hydrogens is 278 g/mol. The number of carbonyl (C=O) groups is 2. The maximum Gasteiger partial charge on any atom is 0.242 e. The number of hydrogen-bond acceptors (Lipinski definition) is 5. The Morgan fingerprint density at radius 1 is 1.60 bits per heavy atom. The van der Waals surface area contributed by atoms with E-state index < -0.39 is 6.04 Å². The summed E-state index contributed by atoms with van der Waals surface area (Å²) in [5.74, 6) is -0.234. The van der Waals surface area contributed by atoms with Gasteiger partial charge in [-0.3, -0.25) is 9.59 Å². The highest BCUT2D eigenvalue weighted by Crippen LogP contribution is 2.14. The molecule has 7 nitrogen and oxygen atoms in total. The molecule has 1 heterocycles. The molecule has 0 spiro atoms. The Hall–Kier alpha value is -1.83. The van der Waals surface area contributed by atoms with Crippen molar-refractivity contribution in [3.05, 3.63) is 19.0 Å². The lowest BCUT2D eigenvalue weighted by Crippen LogP contribution is -2.45. The zero-order valence-electron chi connectivity index (χ0n) is 11.6. The largest absolute Gasteiger partial charge is 0.355 e. The van der Waals surface area contributed by atoms with Gasteiger partial charge < -0.3 is 15.2 Å². The number of likely N-dealkylation sites (N-methyl/N-ethyl adjacent to an activating group) is 1. The van der Waals surface area contributed by atoms with Gasteiger partial charge in [-0.1, -0.05) is 17.8 Å². The summed E-state index contributed by atoms with van der Waals surface area (Å²) in [4.78, 5) is 23.2. The predicted molar refractivity (Wildman–Crippen MR) is 77.2 cm³/mol. The normalized spacial score (nSPS) is 11.7. The summed E-state index contributed by atoms with van der Waals surface area (Å²) in [7, 11) is 0. The summed E-state index contributed by atoms with van der Waals surface area (Å²) >= 11 is 1.27. The molecule has 0 aromatic carbocycles. The second kappa shape index (κ2) is 8.36. The number of nitrogens with zero attached hydrogens (tertiary/aromatic N) is 3. The molecule has 0 saturated heterocycles. The van der Waals surface area contributed by atoms with Crippen LogP contribution >= 0.6 is 11.8 Å². The monoisotopic (exact) mass is 297 g/mol. The van der Waals surface area contributed by atoms with E-state index in [-0.39, 0.29) is 17.6 Å². The lowest BCUT2D eigenvalue weighted by Gasteiger charge is -2.12. The van der Waals surface area contributed by atoms with Crippen LogP contribution in [0.2, 0.25) is 0 Å². The third-order valence-electron chi connectivity index (χ3n) is 2.36. The van der Waals surface area contributed by atoms with Gasteiger partial charge in [-0.15, -0.1) is 16.8 Å². The van der Waals surface area contributed by atoms with E-state index in [9.17, 15) is 9.59 Å². The van der Waals surface area contributed by atoms with Crippen molar-refractivity contribution in [3.8, 4) is 0 Å². The van der Waals surface area contributed by atoms with Crippen LogP contribution in [0.25, 0.3) is 0 Å². The highest BCUT2D eigenvalue weighted by molar-refractivity contribution is 7.99. The number of thioether (sulfide) groups is 1. The molecule has 110 valence electrons. The first-order chi connectivity index (χ1) is 9.58. The number of hydrogen-bond donors (Lipinski definition) is 2. The SMILES string of the molecule is C=CCn1cnnc1SCC(=O)N[C@@H](C)C(=O)NCC. The maximum atomic E-state index is 11.7. The number of rotatable bonds is 8. The maximum absolute atomic E-state index is 11.7. The summed E-state index contributed by atoms with van der Waals surface area (Å²) in [6.45, 7) is 8.24. The first-order valence-corrected chi connectivity index (χ1v) is 7.25. The van der Waals surface area contributed by atoms with Crippen molar-refractivity contribution < 1.29 is 9.59 Å². The summed E-state index contributed by atoms with van der Waals surface area (Å²) in [5.41, 5.74) is 0. The van der Waals surface area contributed by atoms with Crippen LogP contribution in [-0.4, -0.2) is 44.9 Å². The van der Waals surface area contributed by atoms with E-state index in [2.05, 4.69) is 27.4 Å². The molecule has 1 atom stereocenters. The Kier molecular flexibility index (Phi) is 6.78. The summed E-state index contributed by atoms with van der Waals surface area (Å²) in [6, 6.07) is -0.547. The Morgan fingerprint density at radius 3 is 3.00 bits per heavy atom. The topological polar surface area (TPSA) is 88.9 Å². The molecule has 0 aliphatic rings. The molecule has 1 aromatic rings. The van der Waals surface area contributed by atoms with Crippen molar-refractivity contribution in [2.45, 2.75) is 31.6 Å². The molecule has 8 heteroatoms. The number of allylic oxidation sites excluding steroid dienone is 1. The van der Waals surface area contributed by atoms with E-state index in [4.69, 9.17) is 0 Å². The van der Waals surface area contributed by atoms with Crippen LogP contribution in [0.15, 0.2) is 24.1 Å². The van der Waals surface area contributed by atoms with Crippen molar-refractivity contribution in [3.63, 3.8) is 0 Å². The van der Waals surface area contributed by atoms with Gasteiger partial charge in [-0.05, 0) is 13.8 Å². The van der Waals surface area contributed by atoms with Gasteiger partial charge in [0.2, 0.25) is 11.8 Å².